The Kier molecular flexibility index (Phi) is 6.63. The smallest absolute Gasteiger partial charge is 0.341 e. The minimum absolute atomic E-state index is 0.277. The number of carbonyl (C=O) groups is 2. The number of rotatable bonds is 6. The highest BCUT2D eigenvalue weighted by atomic mass is 32.1. The molecule has 1 N–H and O–H groups in total. The normalized spacial score (nSPS) is 13.1. The van der Waals surface area contributed by atoms with E-state index in [0.29, 0.717) is 10.6 Å². The van der Waals surface area contributed by atoms with Crippen molar-refractivity contribution >= 4 is 34.3 Å². The number of thiophene rings is 1. The Morgan fingerprint density at radius 3 is 2.61 bits per heavy atom. The van der Waals surface area contributed by atoms with Crippen molar-refractivity contribution in [2.24, 2.45) is 0 Å². The molecule has 0 saturated carbocycles. The molecule has 0 bridgehead atoms. The highest BCUT2D eigenvalue weighted by Gasteiger charge is 2.23. The van der Waals surface area contributed by atoms with Crippen molar-refractivity contribution in [2.45, 2.75) is 32.6 Å². The van der Waals surface area contributed by atoms with Gasteiger partial charge in [0.15, 0.2) is 0 Å². The highest BCUT2D eigenvalue weighted by molar-refractivity contribution is 7.15. The van der Waals surface area contributed by atoms with E-state index in [1.54, 1.807) is 13.0 Å². The Bertz CT molecular complexity index is 1110. The summed E-state index contributed by atoms with van der Waals surface area (Å²) in [5, 5.41) is 5.30. The first kappa shape index (κ1) is 21.1. The van der Waals surface area contributed by atoms with Gasteiger partial charge >= 0.3 is 5.97 Å². The van der Waals surface area contributed by atoms with Gasteiger partial charge in [-0.2, -0.15) is 0 Å². The van der Waals surface area contributed by atoms with Crippen molar-refractivity contribution in [3.8, 4) is 11.1 Å². The minimum atomic E-state index is -0.418. The van der Waals surface area contributed by atoms with Crippen molar-refractivity contribution in [3.05, 3.63) is 82.2 Å². The maximum atomic E-state index is 12.8. The van der Waals surface area contributed by atoms with E-state index < -0.39 is 5.97 Å². The molecule has 4 rings (SSSR count). The molecule has 1 heterocycles. The molecule has 1 aliphatic carbocycles. The van der Waals surface area contributed by atoms with Gasteiger partial charge in [-0.05, 0) is 60.9 Å². The van der Waals surface area contributed by atoms with Crippen LogP contribution in [0.15, 0.2) is 60.0 Å². The Morgan fingerprint density at radius 2 is 1.84 bits per heavy atom. The number of esters is 1. The van der Waals surface area contributed by atoms with Crippen LogP contribution in [-0.4, -0.2) is 18.5 Å². The number of ether oxygens (including phenoxy) is 1. The molecule has 0 atom stereocenters. The molecule has 0 saturated heterocycles. The average Bonchev–Trinajstić information content (AvgIpc) is 3.21. The van der Waals surface area contributed by atoms with Gasteiger partial charge in [-0.15, -0.1) is 11.3 Å². The fraction of sp³-hybridized carbons (Fsp3) is 0.231. The Hall–Kier alpha value is -3.18. The largest absolute Gasteiger partial charge is 0.462 e. The van der Waals surface area contributed by atoms with Crippen LogP contribution in [0.1, 0.15) is 46.8 Å². The van der Waals surface area contributed by atoms with Gasteiger partial charge in [0.05, 0.1) is 6.61 Å². The summed E-state index contributed by atoms with van der Waals surface area (Å²) < 4.78 is 5.31. The number of carbonyl (C=O) groups excluding carboxylic acids is 2. The maximum absolute atomic E-state index is 12.8. The van der Waals surface area contributed by atoms with Crippen LogP contribution in [0.4, 0.5) is 5.00 Å². The molecule has 2 aromatic carbocycles. The number of fused-ring (bicyclic) bond motifs is 1. The standard InChI is InChI=1S/C26H25NO3S/c1-2-30-26(29)24-22(21-14-13-19-10-6-7-11-20(19)16-21)17-31-25(24)27-23(28)15-12-18-8-4-3-5-9-18/h3-5,8-9,12-17H,2,6-7,10-11H2,1H3,(H,27,28)/b15-12+. The molecule has 1 aliphatic rings. The summed E-state index contributed by atoms with van der Waals surface area (Å²) in [6, 6.07) is 16.0. The van der Waals surface area contributed by atoms with E-state index in [-0.39, 0.29) is 12.5 Å². The van der Waals surface area contributed by atoms with Crippen molar-refractivity contribution in [2.75, 3.05) is 11.9 Å². The Morgan fingerprint density at radius 1 is 1.06 bits per heavy atom. The topological polar surface area (TPSA) is 55.4 Å². The van der Waals surface area contributed by atoms with Gasteiger partial charge < -0.3 is 10.1 Å². The van der Waals surface area contributed by atoms with Gasteiger partial charge in [0, 0.05) is 17.0 Å². The first-order chi connectivity index (χ1) is 15.2. The number of benzene rings is 2. The zero-order valence-electron chi connectivity index (χ0n) is 17.5. The zero-order valence-corrected chi connectivity index (χ0v) is 18.3. The van der Waals surface area contributed by atoms with Crippen LogP contribution in [0.5, 0.6) is 0 Å². The zero-order chi connectivity index (χ0) is 21.6. The van der Waals surface area contributed by atoms with Gasteiger partial charge in [0.1, 0.15) is 10.6 Å². The molecule has 1 amide bonds. The van der Waals surface area contributed by atoms with Crippen molar-refractivity contribution in [3.63, 3.8) is 0 Å². The quantitative estimate of drug-likeness (QED) is 0.378. The number of nitrogens with one attached hydrogen (secondary N) is 1. The highest BCUT2D eigenvalue weighted by Crippen LogP contribution is 2.37. The molecule has 31 heavy (non-hydrogen) atoms. The summed E-state index contributed by atoms with van der Waals surface area (Å²) in [6.07, 6.45) is 7.82. The van der Waals surface area contributed by atoms with Crippen LogP contribution in [0.2, 0.25) is 0 Å². The third kappa shape index (κ3) is 4.94. The molecule has 0 spiro atoms. The summed E-state index contributed by atoms with van der Waals surface area (Å²) in [5.74, 6) is -0.702. The molecule has 1 aromatic heterocycles. The fourth-order valence-corrected chi connectivity index (χ4v) is 4.82. The van der Waals surface area contributed by atoms with Crippen molar-refractivity contribution in [1.29, 1.82) is 0 Å². The van der Waals surface area contributed by atoms with E-state index in [9.17, 15) is 9.59 Å². The maximum Gasteiger partial charge on any atom is 0.341 e. The lowest BCUT2D eigenvalue weighted by atomic mass is 9.89. The summed E-state index contributed by atoms with van der Waals surface area (Å²) in [6.45, 7) is 2.06. The monoisotopic (exact) mass is 431 g/mol. The SMILES string of the molecule is CCOC(=O)c1c(-c2ccc3c(c2)CCCC3)csc1NC(=O)/C=C/c1ccccc1. The number of hydrogen-bond donors (Lipinski definition) is 1. The van der Waals surface area contributed by atoms with Crippen LogP contribution in [0, 0.1) is 0 Å². The molecule has 0 aliphatic heterocycles. The third-order valence-electron chi connectivity index (χ3n) is 5.39. The van der Waals surface area contributed by atoms with Gasteiger partial charge in [0.25, 0.3) is 0 Å². The van der Waals surface area contributed by atoms with Crippen LogP contribution < -0.4 is 5.32 Å². The molecule has 0 unspecified atom stereocenters. The van der Waals surface area contributed by atoms with E-state index in [0.717, 1.165) is 29.5 Å². The molecule has 4 nitrogen and oxygen atoms in total. The average molecular weight is 432 g/mol. The van der Waals surface area contributed by atoms with E-state index in [4.69, 9.17) is 4.74 Å². The Balaban J connectivity index is 1.63. The molecule has 0 fully saturated rings. The number of aryl methyl sites for hydroxylation is 2. The van der Waals surface area contributed by atoms with Crippen molar-refractivity contribution < 1.29 is 14.3 Å². The minimum Gasteiger partial charge on any atom is -0.462 e. The van der Waals surface area contributed by atoms with E-state index >= 15 is 0 Å². The van der Waals surface area contributed by atoms with Crippen LogP contribution >= 0.6 is 11.3 Å². The lowest BCUT2D eigenvalue weighted by molar-refractivity contribution is -0.111. The van der Waals surface area contributed by atoms with Gasteiger partial charge in [-0.3, -0.25) is 4.79 Å². The third-order valence-corrected chi connectivity index (χ3v) is 6.29. The lowest BCUT2D eigenvalue weighted by Crippen LogP contribution is -2.12. The number of amides is 1. The number of anilines is 1. The second-order valence-electron chi connectivity index (χ2n) is 7.50. The molecule has 3 aromatic rings. The second-order valence-corrected chi connectivity index (χ2v) is 8.38. The summed E-state index contributed by atoms with van der Waals surface area (Å²) in [7, 11) is 0. The summed E-state index contributed by atoms with van der Waals surface area (Å²) >= 11 is 1.35. The van der Waals surface area contributed by atoms with E-state index in [1.165, 1.54) is 41.4 Å². The van der Waals surface area contributed by atoms with Crippen molar-refractivity contribution in [1.82, 2.24) is 0 Å². The molecule has 0 radical (unpaired) electrons. The van der Waals surface area contributed by atoms with Crippen LogP contribution in [-0.2, 0) is 22.4 Å². The predicted molar refractivity (Wildman–Crippen MR) is 126 cm³/mol. The molecule has 158 valence electrons. The fourth-order valence-electron chi connectivity index (χ4n) is 3.86. The first-order valence-electron chi connectivity index (χ1n) is 10.6. The summed E-state index contributed by atoms with van der Waals surface area (Å²) in [5.41, 5.74) is 5.89. The molecule has 5 heteroatoms. The van der Waals surface area contributed by atoms with Gasteiger partial charge in [0.2, 0.25) is 5.91 Å². The van der Waals surface area contributed by atoms with Gasteiger partial charge in [-0.25, -0.2) is 4.79 Å². The number of hydrogen-bond acceptors (Lipinski definition) is 4. The Labute approximate surface area is 186 Å². The summed E-state index contributed by atoms with van der Waals surface area (Å²) in [4.78, 5) is 25.3. The molecular weight excluding hydrogens is 406 g/mol. The predicted octanol–water partition coefficient (Wildman–Crippen LogP) is 6.12. The van der Waals surface area contributed by atoms with E-state index in [1.807, 2.05) is 35.7 Å². The lowest BCUT2D eigenvalue weighted by Gasteiger charge is -2.17. The van der Waals surface area contributed by atoms with Crippen LogP contribution in [0.3, 0.4) is 0 Å². The van der Waals surface area contributed by atoms with E-state index in [2.05, 4.69) is 23.5 Å². The van der Waals surface area contributed by atoms with Crippen LogP contribution in [0.25, 0.3) is 17.2 Å². The second kappa shape index (κ2) is 9.75. The first-order valence-corrected chi connectivity index (χ1v) is 11.5. The van der Waals surface area contributed by atoms with Gasteiger partial charge in [-0.1, -0.05) is 48.5 Å². The molecular formula is C26H25NO3S.